The summed E-state index contributed by atoms with van der Waals surface area (Å²) in [5, 5.41) is 8.66. The van der Waals surface area contributed by atoms with Crippen LogP contribution in [0.1, 0.15) is 26.7 Å². The Morgan fingerprint density at radius 2 is 1.86 bits per heavy atom. The average Bonchev–Trinajstić information content (AvgIpc) is 2.42. The number of rotatable bonds is 7. The number of ether oxygens (including phenoxy) is 1. The first-order chi connectivity index (χ1) is 9.86. The highest BCUT2D eigenvalue weighted by molar-refractivity contribution is 5.99. The minimum atomic E-state index is -1.33. The quantitative estimate of drug-likeness (QED) is 0.390. The van der Waals surface area contributed by atoms with Gasteiger partial charge in [0.25, 0.3) is 0 Å². The van der Waals surface area contributed by atoms with Crippen LogP contribution in [0.25, 0.3) is 0 Å². The Kier molecular flexibility index (Phi) is 6.29. The molecule has 1 N–H and O–H groups in total. The van der Waals surface area contributed by atoms with Gasteiger partial charge in [0.2, 0.25) is 11.8 Å². The molecule has 21 heavy (non-hydrogen) atoms. The van der Waals surface area contributed by atoms with E-state index in [1.807, 2.05) is 6.92 Å². The van der Waals surface area contributed by atoms with Crippen molar-refractivity contribution in [3.63, 3.8) is 0 Å². The van der Waals surface area contributed by atoms with Crippen LogP contribution in [0, 0.1) is 5.92 Å². The van der Waals surface area contributed by atoms with Crippen molar-refractivity contribution in [3.8, 4) is 0 Å². The van der Waals surface area contributed by atoms with Crippen molar-refractivity contribution in [2.75, 3.05) is 26.4 Å². The fraction of sp³-hybridized carbons (Fsp3) is 0.692. The molecule has 2 amide bonds. The molecule has 0 saturated carbocycles. The zero-order chi connectivity index (χ0) is 16.0. The van der Waals surface area contributed by atoms with E-state index in [9.17, 15) is 19.2 Å². The monoisotopic (exact) mass is 300 g/mol. The molecular formula is C13H20N2O6. The molecule has 1 atom stereocenters. The first-order valence-electron chi connectivity index (χ1n) is 6.81. The largest absolute Gasteiger partial charge is 0.481 e. The van der Waals surface area contributed by atoms with Gasteiger partial charge in [0, 0.05) is 0 Å². The summed E-state index contributed by atoms with van der Waals surface area (Å²) in [6.45, 7) is 3.52. The van der Waals surface area contributed by atoms with Gasteiger partial charge in [-0.15, -0.1) is 0 Å². The lowest BCUT2D eigenvalue weighted by Gasteiger charge is -2.32. The van der Waals surface area contributed by atoms with Crippen molar-refractivity contribution >= 4 is 23.8 Å². The molecule has 0 radical (unpaired) electrons. The van der Waals surface area contributed by atoms with Crippen LogP contribution >= 0.6 is 0 Å². The van der Waals surface area contributed by atoms with E-state index in [4.69, 9.17) is 9.84 Å². The molecule has 8 nitrogen and oxygen atoms in total. The maximum Gasteiger partial charge on any atom is 0.321 e. The molecule has 0 aromatic heterocycles. The van der Waals surface area contributed by atoms with Gasteiger partial charge in [-0.2, -0.15) is 0 Å². The predicted molar refractivity (Wildman–Crippen MR) is 71.0 cm³/mol. The lowest BCUT2D eigenvalue weighted by atomic mass is 10.2. The number of esters is 1. The van der Waals surface area contributed by atoms with Gasteiger partial charge in [0.15, 0.2) is 12.6 Å². The number of carbonyl (C=O) groups excluding carboxylic acids is 3. The Morgan fingerprint density at radius 1 is 1.29 bits per heavy atom. The first-order valence-corrected chi connectivity index (χ1v) is 6.81. The van der Waals surface area contributed by atoms with E-state index in [2.05, 4.69) is 0 Å². The zero-order valence-corrected chi connectivity index (χ0v) is 12.2. The molecule has 1 aliphatic rings. The highest BCUT2D eigenvalue weighted by Crippen LogP contribution is 2.08. The summed E-state index contributed by atoms with van der Waals surface area (Å²) in [4.78, 5) is 48.3. The van der Waals surface area contributed by atoms with Crippen LogP contribution < -0.4 is 0 Å². The van der Waals surface area contributed by atoms with Gasteiger partial charge in [0.05, 0.1) is 13.1 Å². The van der Waals surface area contributed by atoms with Crippen molar-refractivity contribution in [1.29, 1.82) is 0 Å². The number of aliphatic carboxylic acids is 1. The molecule has 1 aliphatic heterocycles. The number of imide groups is 1. The Balaban J connectivity index is 2.50. The summed E-state index contributed by atoms with van der Waals surface area (Å²) in [5.41, 5.74) is 0. The van der Waals surface area contributed by atoms with Gasteiger partial charge in [0.1, 0.15) is 0 Å². The van der Waals surface area contributed by atoms with Crippen LogP contribution in [0.3, 0.4) is 0 Å². The molecule has 0 aromatic carbocycles. The van der Waals surface area contributed by atoms with Crippen molar-refractivity contribution in [2.45, 2.75) is 26.7 Å². The molecular weight excluding hydrogens is 280 g/mol. The van der Waals surface area contributed by atoms with Crippen LogP contribution in [0.4, 0.5) is 0 Å². The number of carbonyl (C=O) groups is 4. The second kappa shape index (κ2) is 7.72. The predicted octanol–water partition coefficient (Wildman–Crippen LogP) is -0.321. The smallest absolute Gasteiger partial charge is 0.321 e. The van der Waals surface area contributed by atoms with Crippen molar-refractivity contribution in [2.24, 2.45) is 5.92 Å². The van der Waals surface area contributed by atoms with Crippen LogP contribution in [0.15, 0.2) is 0 Å². The minimum absolute atomic E-state index is 0.0950. The number of hydrogen-bond donors (Lipinski definition) is 1. The van der Waals surface area contributed by atoms with E-state index in [0.717, 1.165) is 17.7 Å². The average molecular weight is 300 g/mol. The number of unbranched alkanes of at least 4 members (excludes halogenated alkanes) is 1. The highest BCUT2D eigenvalue weighted by Gasteiger charge is 2.32. The summed E-state index contributed by atoms with van der Waals surface area (Å²) in [6.07, 6.45) is 1.86. The Bertz CT molecular complexity index is 418. The van der Waals surface area contributed by atoms with Crippen LogP contribution in [-0.2, 0) is 23.9 Å². The molecule has 1 saturated heterocycles. The molecule has 1 rings (SSSR count). The van der Waals surface area contributed by atoms with Gasteiger partial charge in [-0.1, -0.05) is 13.3 Å². The zero-order valence-electron chi connectivity index (χ0n) is 12.2. The summed E-state index contributed by atoms with van der Waals surface area (Å²) >= 11 is 0. The fourth-order valence-electron chi connectivity index (χ4n) is 1.79. The molecule has 0 spiro atoms. The minimum Gasteiger partial charge on any atom is -0.481 e. The van der Waals surface area contributed by atoms with E-state index >= 15 is 0 Å². The normalized spacial score (nSPS) is 17.7. The van der Waals surface area contributed by atoms with E-state index in [-0.39, 0.29) is 13.1 Å². The Morgan fingerprint density at radius 3 is 2.33 bits per heavy atom. The molecule has 1 fully saturated rings. The maximum atomic E-state index is 11.9. The Labute approximate surface area is 122 Å². The third-order valence-electron chi connectivity index (χ3n) is 3.21. The van der Waals surface area contributed by atoms with Crippen molar-refractivity contribution in [3.05, 3.63) is 0 Å². The number of carboxylic acids is 1. The maximum absolute atomic E-state index is 11.9. The summed E-state index contributed by atoms with van der Waals surface area (Å²) in [5.74, 6) is -4.52. The molecule has 0 aliphatic carbocycles. The standard InChI is InChI=1S/C13H20N2O6/c1-3-4-5-14-6-10(16)15(11(17)7-14)8-21-13(20)9(2)12(18)19/h9H,3-8H2,1-2H3,(H,18,19). The second-order valence-electron chi connectivity index (χ2n) is 4.93. The first kappa shape index (κ1) is 17.1. The number of amides is 2. The fourth-order valence-corrected chi connectivity index (χ4v) is 1.79. The summed E-state index contributed by atoms with van der Waals surface area (Å²) in [7, 11) is 0. The van der Waals surface area contributed by atoms with Gasteiger partial charge in [-0.3, -0.25) is 24.1 Å². The molecule has 118 valence electrons. The number of nitrogens with zero attached hydrogens (tertiary/aromatic N) is 2. The number of carboxylic acid groups (broad SMARTS) is 1. The van der Waals surface area contributed by atoms with Crippen molar-refractivity contribution in [1.82, 2.24) is 9.80 Å². The molecule has 1 heterocycles. The second-order valence-corrected chi connectivity index (χ2v) is 4.93. The summed E-state index contributed by atoms with van der Waals surface area (Å²) < 4.78 is 4.71. The van der Waals surface area contributed by atoms with Gasteiger partial charge in [-0.05, 0) is 19.9 Å². The lowest BCUT2D eigenvalue weighted by molar-refractivity contribution is -0.167. The van der Waals surface area contributed by atoms with Gasteiger partial charge < -0.3 is 9.84 Å². The number of piperazine rings is 1. The number of hydrogen-bond acceptors (Lipinski definition) is 6. The van der Waals surface area contributed by atoms with E-state index in [0.29, 0.717) is 6.54 Å². The topological polar surface area (TPSA) is 104 Å². The van der Waals surface area contributed by atoms with Crippen molar-refractivity contribution < 1.29 is 29.0 Å². The highest BCUT2D eigenvalue weighted by atomic mass is 16.5. The lowest BCUT2D eigenvalue weighted by Crippen LogP contribution is -2.54. The molecule has 8 heteroatoms. The third kappa shape index (κ3) is 4.82. The van der Waals surface area contributed by atoms with Crippen LogP contribution in [0.2, 0.25) is 0 Å². The molecule has 0 bridgehead atoms. The van der Waals surface area contributed by atoms with E-state index in [1.54, 1.807) is 4.90 Å². The van der Waals surface area contributed by atoms with Crippen LogP contribution in [-0.4, -0.2) is 65.0 Å². The summed E-state index contributed by atoms with van der Waals surface area (Å²) in [6, 6.07) is 0. The molecule has 1 unspecified atom stereocenters. The Hall–Kier alpha value is -1.96. The SMILES string of the molecule is CCCCN1CC(=O)N(COC(=O)C(C)C(=O)O)C(=O)C1. The van der Waals surface area contributed by atoms with E-state index in [1.165, 1.54) is 6.92 Å². The van der Waals surface area contributed by atoms with E-state index < -0.39 is 36.4 Å². The van der Waals surface area contributed by atoms with Crippen LogP contribution in [0.5, 0.6) is 0 Å². The molecule has 0 aromatic rings. The van der Waals surface area contributed by atoms with Gasteiger partial charge in [-0.25, -0.2) is 4.90 Å². The van der Waals surface area contributed by atoms with Gasteiger partial charge >= 0.3 is 11.9 Å². The third-order valence-corrected chi connectivity index (χ3v) is 3.21.